The van der Waals surface area contributed by atoms with E-state index in [-0.39, 0.29) is 12.1 Å². The van der Waals surface area contributed by atoms with Gasteiger partial charge < -0.3 is 19.4 Å². The largest absolute Gasteiger partial charge is 0.453 e. The molecule has 3 aliphatic rings. The van der Waals surface area contributed by atoms with E-state index in [0.29, 0.717) is 0 Å². The van der Waals surface area contributed by atoms with Gasteiger partial charge in [0.1, 0.15) is 0 Å². The van der Waals surface area contributed by atoms with Crippen molar-refractivity contribution in [2.75, 3.05) is 14.7 Å². The van der Waals surface area contributed by atoms with E-state index < -0.39 is 0 Å². The number of fused-ring (bicyclic) bond motifs is 6. The van der Waals surface area contributed by atoms with E-state index in [2.05, 4.69) is 237 Å². The highest BCUT2D eigenvalue weighted by Crippen LogP contribution is 2.52. The fourth-order valence-corrected chi connectivity index (χ4v) is 10.2. The molecule has 12 rings (SSSR count). The van der Waals surface area contributed by atoms with E-state index in [4.69, 9.17) is 4.74 Å². The Balaban J connectivity index is 1.14. The number of ether oxygens (including phenoxy) is 1. The van der Waals surface area contributed by atoms with Crippen LogP contribution in [0.15, 0.2) is 206 Å². The predicted molar refractivity (Wildman–Crippen MR) is 270 cm³/mol. The zero-order valence-electron chi connectivity index (χ0n) is 36.5. The minimum atomic E-state index is -0.0464. The highest BCUT2D eigenvalue weighted by atomic mass is 16.5. The molecule has 0 aliphatic carbocycles. The average molecular weight is 824 g/mol. The topological polar surface area (TPSA) is 19.0 Å². The summed E-state index contributed by atoms with van der Waals surface area (Å²) in [6, 6.07) is 75.6. The maximum absolute atomic E-state index is 6.45. The fraction of sp³-hybridized carbons (Fsp3) is 0.0847. The van der Waals surface area contributed by atoms with Gasteiger partial charge in [-0.25, -0.2) is 0 Å². The van der Waals surface area contributed by atoms with Crippen molar-refractivity contribution in [3.05, 3.63) is 217 Å². The molecule has 306 valence electrons. The normalized spacial score (nSPS) is 13.3. The summed E-state index contributed by atoms with van der Waals surface area (Å²) in [4.78, 5) is 7.40. The van der Waals surface area contributed by atoms with Crippen LogP contribution >= 0.6 is 0 Å². The number of hydrogen-bond donors (Lipinski definition) is 0. The summed E-state index contributed by atoms with van der Waals surface area (Å²) in [5, 5.41) is 0. The molecule has 9 aromatic rings. The van der Waals surface area contributed by atoms with Crippen molar-refractivity contribution in [1.29, 1.82) is 0 Å². The lowest BCUT2D eigenvalue weighted by molar-refractivity contribution is 0.477. The van der Waals surface area contributed by atoms with Crippen molar-refractivity contribution in [3.8, 4) is 33.8 Å². The predicted octanol–water partition coefficient (Wildman–Crippen LogP) is 14.3. The second kappa shape index (κ2) is 14.7. The van der Waals surface area contributed by atoms with Gasteiger partial charge >= 0.3 is 0 Å². The minimum absolute atomic E-state index is 0.00256. The van der Waals surface area contributed by atoms with Crippen LogP contribution in [-0.4, -0.2) is 6.71 Å². The van der Waals surface area contributed by atoms with Crippen LogP contribution in [0.5, 0.6) is 11.5 Å². The Morgan fingerprint density at radius 1 is 0.375 bits per heavy atom. The first-order valence-electron chi connectivity index (χ1n) is 22.3. The molecular weight excluding hydrogens is 777 g/mol. The van der Waals surface area contributed by atoms with E-state index >= 15 is 0 Å². The summed E-state index contributed by atoms with van der Waals surface area (Å²) in [7, 11) is 0. The molecule has 0 N–H and O–H groups in total. The molecule has 3 aliphatic heterocycles. The van der Waals surface area contributed by atoms with Crippen LogP contribution in [0, 0.1) is 6.92 Å². The van der Waals surface area contributed by atoms with Crippen LogP contribution in [0.3, 0.4) is 0 Å². The lowest BCUT2D eigenvalue weighted by Crippen LogP contribution is -2.61. The number of rotatable bonds is 5. The van der Waals surface area contributed by atoms with Gasteiger partial charge in [-0.1, -0.05) is 154 Å². The van der Waals surface area contributed by atoms with Crippen molar-refractivity contribution in [1.82, 2.24) is 0 Å². The molecule has 0 spiro atoms. The summed E-state index contributed by atoms with van der Waals surface area (Å²) in [6.07, 6.45) is 0. The highest BCUT2D eigenvalue weighted by molar-refractivity contribution is 7.00. The summed E-state index contributed by atoms with van der Waals surface area (Å²) in [5.74, 6) is 1.67. The molecule has 0 aromatic heterocycles. The molecule has 9 aromatic carbocycles. The van der Waals surface area contributed by atoms with Gasteiger partial charge in [0, 0.05) is 39.8 Å². The van der Waals surface area contributed by atoms with Crippen LogP contribution in [0.2, 0.25) is 0 Å². The summed E-state index contributed by atoms with van der Waals surface area (Å²) in [6.45, 7) is 9.13. The van der Waals surface area contributed by atoms with Gasteiger partial charge in [-0.05, 0) is 135 Å². The number of aryl methyl sites for hydroxylation is 1. The summed E-state index contributed by atoms with van der Waals surface area (Å²) < 4.78 is 6.45. The van der Waals surface area contributed by atoms with Gasteiger partial charge in [0.25, 0.3) is 6.71 Å². The third-order valence-corrected chi connectivity index (χ3v) is 13.2. The Hall–Kier alpha value is -7.76. The Morgan fingerprint density at radius 3 is 1.56 bits per heavy atom. The lowest BCUT2D eigenvalue weighted by atomic mass is 9.33. The van der Waals surface area contributed by atoms with Gasteiger partial charge in [0.15, 0.2) is 11.5 Å². The molecule has 0 amide bonds. The van der Waals surface area contributed by atoms with Crippen LogP contribution < -0.4 is 35.8 Å². The fourth-order valence-electron chi connectivity index (χ4n) is 10.2. The van der Waals surface area contributed by atoms with Crippen LogP contribution in [0.1, 0.15) is 31.9 Å². The summed E-state index contributed by atoms with van der Waals surface area (Å²) in [5.41, 5.74) is 21.2. The molecule has 0 saturated heterocycles. The first-order valence-corrected chi connectivity index (χ1v) is 22.3. The van der Waals surface area contributed by atoms with Crippen molar-refractivity contribution in [2.45, 2.75) is 33.1 Å². The van der Waals surface area contributed by atoms with Crippen LogP contribution in [0.4, 0.5) is 51.2 Å². The number of benzene rings is 9. The quantitative estimate of drug-likeness (QED) is 0.161. The van der Waals surface area contributed by atoms with Crippen molar-refractivity contribution >= 4 is 74.3 Å². The van der Waals surface area contributed by atoms with Crippen molar-refractivity contribution in [3.63, 3.8) is 0 Å². The first kappa shape index (κ1) is 38.0. The number of nitrogens with zero attached hydrogens (tertiary/aromatic N) is 3. The number of anilines is 9. The van der Waals surface area contributed by atoms with Crippen molar-refractivity contribution < 1.29 is 4.74 Å². The van der Waals surface area contributed by atoms with E-state index in [0.717, 1.165) is 39.9 Å². The molecule has 0 atom stereocenters. The van der Waals surface area contributed by atoms with Crippen molar-refractivity contribution in [2.24, 2.45) is 0 Å². The third-order valence-electron chi connectivity index (χ3n) is 13.2. The Kier molecular flexibility index (Phi) is 8.71. The SMILES string of the molecule is Cc1cccc(-c2cc3c4c(c2)N(c2cccc(-c5ccccc5)c2)c2cc(C(C)(C)C)ccc2B4c2ccccc2N3c2cccc(N3c4ccccc4Oc4ccccc43)c2)c1. The molecular formula is C59H46BN3O. The van der Waals surface area contributed by atoms with Crippen LogP contribution in [0.25, 0.3) is 22.3 Å². The minimum Gasteiger partial charge on any atom is -0.453 e. The van der Waals surface area contributed by atoms with Gasteiger partial charge in [-0.15, -0.1) is 0 Å². The molecule has 0 radical (unpaired) electrons. The van der Waals surface area contributed by atoms with Gasteiger partial charge in [0.2, 0.25) is 0 Å². The van der Waals surface area contributed by atoms with E-state index in [1.165, 1.54) is 72.5 Å². The Bertz CT molecular complexity index is 3250. The number of para-hydroxylation sites is 5. The Morgan fingerprint density at radius 2 is 0.891 bits per heavy atom. The molecule has 0 bridgehead atoms. The Labute approximate surface area is 376 Å². The average Bonchev–Trinajstić information content (AvgIpc) is 3.33. The molecule has 0 saturated carbocycles. The monoisotopic (exact) mass is 823 g/mol. The second-order valence-electron chi connectivity index (χ2n) is 18.3. The molecule has 64 heavy (non-hydrogen) atoms. The first-order chi connectivity index (χ1) is 31.3. The lowest BCUT2D eigenvalue weighted by Gasteiger charge is -2.45. The molecule has 0 fully saturated rings. The molecule has 4 nitrogen and oxygen atoms in total. The van der Waals surface area contributed by atoms with Crippen LogP contribution in [-0.2, 0) is 5.41 Å². The maximum Gasteiger partial charge on any atom is 0.252 e. The standard InChI is InChI=1S/C59H46BN3O/c1-39-17-14-20-41(33-39)43-35-54-58-55(36-43)63(45-22-15-21-42(34-45)40-18-6-5-7-19-40)53-37-44(59(2,3)4)31-32-49(53)60(58)48-25-8-9-26-50(48)61(54)46-23-16-24-47(38-46)62-51-27-10-12-29-56(51)64-57-30-13-11-28-52(57)62/h5-38H,1-4H3. The van der Waals surface area contributed by atoms with Gasteiger partial charge in [-0.2, -0.15) is 0 Å². The van der Waals surface area contributed by atoms with E-state index in [1.807, 2.05) is 12.1 Å². The number of hydrogen-bond acceptors (Lipinski definition) is 4. The van der Waals surface area contributed by atoms with Gasteiger partial charge in [0.05, 0.1) is 11.4 Å². The second-order valence-corrected chi connectivity index (χ2v) is 18.3. The zero-order chi connectivity index (χ0) is 43.1. The zero-order valence-corrected chi connectivity index (χ0v) is 36.5. The molecule has 3 heterocycles. The summed E-state index contributed by atoms with van der Waals surface area (Å²) >= 11 is 0. The van der Waals surface area contributed by atoms with Gasteiger partial charge in [-0.3, -0.25) is 0 Å². The maximum atomic E-state index is 6.45. The van der Waals surface area contributed by atoms with E-state index in [1.54, 1.807) is 0 Å². The molecule has 0 unspecified atom stereocenters. The third kappa shape index (κ3) is 6.14. The highest BCUT2D eigenvalue weighted by Gasteiger charge is 2.44. The molecule has 5 heteroatoms. The smallest absolute Gasteiger partial charge is 0.252 e. The van der Waals surface area contributed by atoms with E-state index in [9.17, 15) is 0 Å².